The molecule has 0 aromatic heterocycles. The Balaban J connectivity index is 0.000000117. The van der Waals surface area contributed by atoms with Crippen LogP contribution in [0.2, 0.25) is 0 Å². The van der Waals surface area contributed by atoms with Crippen LogP contribution in [-0.2, 0) is 6.42 Å². The first kappa shape index (κ1) is 11.9. The Bertz CT molecular complexity index is 506. The summed E-state index contributed by atoms with van der Waals surface area (Å²) in [5, 5.41) is 3.24. The van der Waals surface area contributed by atoms with Gasteiger partial charge in [0.2, 0.25) is 0 Å². The number of ether oxygens (including phenoxy) is 2. The molecule has 0 atom stereocenters. The monoisotopic (exact) mass is 255 g/mol. The van der Waals surface area contributed by atoms with Crippen molar-refractivity contribution in [3.63, 3.8) is 0 Å². The number of hydrogen-bond donors (Lipinski definition) is 1. The quantitative estimate of drug-likeness (QED) is 0.784. The summed E-state index contributed by atoms with van der Waals surface area (Å²) in [5.41, 5.74) is 2.45. The molecule has 2 aliphatic rings. The van der Waals surface area contributed by atoms with Crippen LogP contribution < -0.4 is 14.8 Å². The molecule has 0 radical (unpaired) electrons. The van der Waals surface area contributed by atoms with Crippen LogP contribution in [-0.4, -0.2) is 19.8 Å². The molecule has 3 nitrogen and oxygen atoms in total. The SMILES string of the molecule is c1ccc2c(c1)CCO2.c1ccc2c(c1)NCCO2. The van der Waals surface area contributed by atoms with E-state index in [-0.39, 0.29) is 0 Å². The summed E-state index contributed by atoms with van der Waals surface area (Å²) in [6.07, 6.45) is 1.08. The zero-order chi connectivity index (χ0) is 12.9. The molecule has 19 heavy (non-hydrogen) atoms. The Kier molecular flexibility index (Phi) is 3.54. The molecular formula is C16H17NO2. The maximum atomic E-state index is 5.36. The van der Waals surface area contributed by atoms with E-state index in [0.717, 1.165) is 43.4 Å². The Labute approximate surface area is 113 Å². The highest BCUT2D eigenvalue weighted by Crippen LogP contribution is 2.25. The van der Waals surface area contributed by atoms with Gasteiger partial charge in [0.05, 0.1) is 12.3 Å². The predicted octanol–water partition coefficient (Wildman–Crippen LogP) is 3.11. The van der Waals surface area contributed by atoms with Crippen molar-refractivity contribution in [2.45, 2.75) is 6.42 Å². The lowest BCUT2D eigenvalue weighted by Crippen LogP contribution is -2.17. The zero-order valence-corrected chi connectivity index (χ0v) is 10.8. The first-order chi connectivity index (χ1) is 9.43. The number of nitrogens with one attached hydrogen (secondary N) is 1. The lowest BCUT2D eigenvalue weighted by atomic mass is 10.2. The first-order valence-electron chi connectivity index (χ1n) is 6.60. The minimum atomic E-state index is 0.775. The van der Waals surface area contributed by atoms with E-state index < -0.39 is 0 Å². The van der Waals surface area contributed by atoms with Crippen molar-refractivity contribution in [2.24, 2.45) is 0 Å². The van der Waals surface area contributed by atoms with Gasteiger partial charge in [0.1, 0.15) is 18.1 Å². The number of anilines is 1. The molecule has 2 aromatic carbocycles. The van der Waals surface area contributed by atoms with Gasteiger partial charge in [-0.2, -0.15) is 0 Å². The fourth-order valence-corrected chi connectivity index (χ4v) is 2.21. The van der Waals surface area contributed by atoms with Crippen LogP contribution in [0.3, 0.4) is 0 Å². The molecule has 0 saturated heterocycles. The standard InChI is InChI=1S/C8H9NO.C8H8O/c1-2-4-8-7(3-1)9-5-6-10-8;1-2-4-8-7(3-1)5-6-9-8/h1-4,9H,5-6H2;1-4H,5-6H2. The van der Waals surface area contributed by atoms with Gasteiger partial charge in [-0.1, -0.05) is 30.3 Å². The molecule has 2 aliphatic heterocycles. The third-order valence-electron chi connectivity index (χ3n) is 3.16. The van der Waals surface area contributed by atoms with Crippen LogP contribution in [0.15, 0.2) is 48.5 Å². The molecule has 4 rings (SSSR count). The maximum absolute atomic E-state index is 5.36. The summed E-state index contributed by atoms with van der Waals surface area (Å²) in [7, 11) is 0. The van der Waals surface area contributed by atoms with Crippen LogP contribution in [0, 0.1) is 0 Å². The average molecular weight is 255 g/mol. The van der Waals surface area contributed by atoms with Crippen LogP contribution in [0.25, 0.3) is 0 Å². The molecule has 3 heteroatoms. The van der Waals surface area contributed by atoms with Gasteiger partial charge in [0.25, 0.3) is 0 Å². The second kappa shape index (κ2) is 5.65. The van der Waals surface area contributed by atoms with Crippen LogP contribution in [0.1, 0.15) is 5.56 Å². The molecule has 1 N–H and O–H groups in total. The Hall–Kier alpha value is -2.16. The van der Waals surface area contributed by atoms with Crippen molar-refractivity contribution in [3.8, 4) is 11.5 Å². The number of fused-ring (bicyclic) bond motifs is 2. The summed E-state index contributed by atoms with van der Waals surface area (Å²) in [5.74, 6) is 2.03. The normalized spacial score (nSPS) is 14.7. The number of para-hydroxylation sites is 3. The van der Waals surface area contributed by atoms with E-state index >= 15 is 0 Å². The van der Waals surface area contributed by atoms with Crippen molar-refractivity contribution in [2.75, 3.05) is 25.1 Å². The lowest BCUT2D eigenvalue weighted by molar-refractivity contribution is 0.323. The van der Waals surface area contributed by atoms with E-state index in [0.29, 0.717) is 0 Å². The highest BCUT2D eigenvalue weighted by atomic mass is 16.5. The third kappa shape index (κ3) is 2.81. The Morgan fingerprint density at radius 3 is 2.37 bits per heavy atom. The van der Waals surface area contributed by atoms with Crippen LogP contribution >= 0.6 is 0 Å². The van der Waals surface area contributed by atoms with E-state index in [1.54, 1.807) is 0 Å². The van der Waals surface area contributed by atoms with Gasteiger partial charge in [-0.15, -0.1) is 0 Å². The van der Waals surface area contributed by atoms with E-state index in [9.17, 15) is 0 Å². The molecule has 2 aromatic rings. The second-order valence-electron chi connectivity index (χ2n) is 4.48. The van der Waals surface area contributed by atoms with Gasteiger partial charge in [-0.3, -0.25) is 0 Å². The van der Waals surface area contributed by atoms with Crippen molar-refractivity contribution in [1.29, 1.82) is 0 Å². The molecule has 0 bridgehead atoms. The van der Waals surface area contributed by atoms with Crippen molar-refractivity contribution < 1.29 is 9.47 Å². The summed E-state index contributed by atoms with van der Waals surface area (Å²) in [4.78, 5) is 0. The highest BCUT2D eigenvalue weighted by Gasteiger charge is 2.08. The Morgan fingerprint density at radius 1 is 0.789 bits per heavy atom. The summed E-state index contributed by atoms with van der Waals surface area (Å²) in [6.45, 7) is 2.55. The number of benzene rings is 2. The van der Waals surface area contributed by atoms with Crippen molar-refractivity contribution >= 4 is 5.69 Å². The van der Waals surface area contributed by atoms with Crippen molar-refractivity contribution in [1.82, 2.24) is 0 Å². The fraction of sp³-hybridized carbons (Fsp3) is 0.250. The molecule has 2 heterocycles. The summed E-state index contributed by atoms with van der Waals surface area (Å²) in [6, 6.07) is 16.2. The van der Waals surface area contributed by atoms with E-state index in [4.69, 9.17) is 9.47 Å². The molecule has 0 spiro atoms. The lowest BCUT2D eigenvalue weighted by Gasteiger charge is -2.17. The maximum Gasteiger partial charge on any atom is 0.142 e. The van der Waals surface area contributed by atoms with Gasteiger partial charge in [0.15, 0.2) is 0 Å². The minimum absolute atomic E-state index is 0.775. The van der Waals surface area contributed by atoms with Crippen LogP contribution in [0.4, 0.5) is 5.69 Å². The average Bonchev–Trinajstić information content (AvgIpc) is 2.96. The molecule has 0 aliphatic carbocycles. The summed E-state index contributed by atoms with van der Waals surface area (Å²) < 4.78 is 10.7. The van der Waals surface area contributed by atoms with Gasteiger partial charge in [-0.25, -0.2) is 0 Å². The molecule has 98 valence electrons. The predicted molar refractivity (Wildman–Crippen MR) is 76.1 cm³/mol. The summed E-state index contributed by atoms with van der Waals surface area (Å²) >= 11 is 0. The molecule has 0 fully saturated rings. The molecule has 0 amide bonds. The van der Waals surface area contributed by atoms with E-state index in [1.807, 2.05) is 42.5 Å². The largest absolute Gasteiger partial charge is 0.493 e. The van der Waals surface area contributed by atoms with Gasteiger partial charge in [-0.05, 0) is 23.8 Å². The second-order valence-corrected chi connectivity index (χ2v) is 4.48. The Morgan fingerprint density at radius 2 is 1.53 bits per heavy atom. The smallest absolute Gasteiger partial charge is 0.142 e. The minimum Gasteiger partial charge on any atom is -0.493 e. The first-order valence-corrected chi connectivity index (χ1v) is 6.60. The zero-order valence-electron chi connectivity index (χ0n) is 10.8. The van der Waals surface area contributed by atoms with Crippen molar-refractivity contribution in [3.05, 3.63) is 54.1 Å². The topological polar surface area (TPSA) is 30.5 Å². The van der Waals surface area contributed by atoms with Crippen LogP contribution in [0.5, 0.6) is 11.5 Å². The van der Waals surface area contributed by atoms with E-state index in [2.05, 4.69) is 11.4 Å². The number of rotatable bonds is 0. The highest BCUT2D eigenvalue weighted by molar-refractivity contribution is 5.57. The van der Waals surface area contributed by atoms with E-state index in [1.165, 1.54) is 5.56 Å². The number of hydrogen-bond acceptors (Lipinski definition) is 3. The molecule has 0 unspecified atom stereocenters. The third-order valence-corrected chi connectivity index (χ3v) is 3.16. The van der Waals surface area contributed by atoms with Gasteiger partial charge in [0, 0.05) is 13.0 Å². The molecule has 0 saturated carbocycles. The fourth-order valence-electron chi connectivity index (χ4n) is 2.21. The van der Waals surface area contributed by atoms with Gasteiger partial charge < -0.3 is 14.8 Å². The van der Waals surface area contributed by atoms with Gasteiger partial charge >= 0.3 is 0 Å². The molecular weight excluding hydrogens is 238 g/mol.